The van der Waals surface area contributed by atoms with Crippen molar-refractivity contribution in [3.63, 3.8) is 0 Å². The molecule has 18 heavy (non-hydrogen) atoms. The zero-order valence-corrected chi connectivity index (χ0v) is 10.3. The molecular weight excluding hydrogens is 222 g/mol. The second-order valence-electron chi connectivity index (χ2n) is 3.85. The summed E-state index contributed by atoms with van der Waals surface area (Å²) in [5.41, 5.74) is 2.51. The number of hydrogen-bond acceptors (Lipinski definition) is 2. The quantitative estimate of drug-likeness (QED) is 0.651. The smallest absolute Gasteiger partial charge is 0.193 e. The Labute approximate surface area is 108 Å². The van der Waals surface area contributed by atoms with Gasteiger partial charge in [-0.15, -0.1) is 6.58 Å². The molecule has 2 rings (SSSR count). The van der Waals surface area contributed by atoms with Gasteiger partial charge in [-0.2, -0.15) is 0 Å². The molecule has 0 aromatic heterocycles. The molecule has 0 aliphatic carbocycles. The normalized spacial score (nSPS) is 9.33. The zero-order valence-electron chi connectivity index (χ0n) is 10.3. The molecule has 92 valence electrons. The van der Waals surface area contributed by atoms with Gasteiger partial charge in [0.25, 0.3) is 0 Å². The van der Waals surface area contributed by atoms with Gasteiger partial charge in [-0.3, -0.25) is 4.79 Å². The van der Waals surface area contributed by atoms with Crippen LogP contribution in [0.15, 0.2) is 67.3 Å². The molecule has 2 aromatic rings. The summed E-state index contributed by atoms with van der Waals surface area (Å²) in [7, 11) is 0. The van der Waals surface area contributed by atoms with Crippen LogP contribution in [-0.2, 0) is 6.42 Å². The summed E-state index contributed by atoms with van der Waals surface area (Å²) in [5, 5.41) is 0. The summed E-state index contributed by atoms with van der Waals surface area (Å²) in [4.78, 5) is 12.3. The third kappa shape index (κ3) is 2.93. The maximum atomic E-state index is 12.3. The Hall–Kier alpha value is -2.19. The number of allylic oxidation sites excluding steroid dienone is 1. The maximum Gasteiger partial charge on any atom is 0.193 e. The Balaban J connectivity index is 0.00000162. The van der Waals surface area contributed by atoms with E-state index in [1.807, 2.05) is 60.7 Å². The van der Waals surface area contributed by atoms with E-state index in [9.17, 15) is 4.79 Å². The molecule has 3 N–H and O–H groups in total. The lowest BCUT2D eigenvalue weighted by molar-refractivity contribution is 0.103. The Bertz CT molecular complexity index is 532. The van der Waals surface area contributed by atoms with Crippen molar-refractivity contribution in [1.29, 1.82) is 0 Å². The van der Waals surface area contributed by atoms with E-state index in [1.165, 1.54) is 0 Å². The number of ketones is 1. The van der Waals surface area contributed by atoms with Gasteiger partial charge in [0.2, 0.25) is 0 Å². The highest BCUT2D eigenvalue weighted by atomic mass is 16.1. The van der Waals surface area contributed by atoms with Gasteiger partial charge in [-0.25, -0.2) is 0 Å². The molecule has 0 fully saturated rings. The molecule has 2 aromatic carbocycles. The van der Waals surface area contributed by atoms with Crippen molar-refractivity contribution in [2.45, 2.75) is 6.42 Å². The molecule has 0 heterocycles. The van der Waals surface area contributed by atoms with Crippen LogP contribution in [0.3, 0.4) is 0 Å². The van der Waals surface area contributed by atoms with Crippen molar-refractivity contribution in [2.24, 2.45) is 0 Å². The Morgan fingerprint density at radius 1 is 1.00 bits per heavy atom. The van der Waals surface area contributed by atoms with E-state index < -0.39 is 0 Å². The van der Waals surface area contributed by atoms with Crippen molar-refractivity contribution in [1.82, 2.24) is 6.15 Å². The van der Waals surface area contributed by atoms with Crippen LogP contribution in [-0.4, -0.2) is 5.78 Å². The van der Waals surface area contributed by atoms with Crippen LogP contribution in [0.5, 0.6) is 0 Å². The largest absolute Gasteiger partial charge is 0.344 e. The van der Waals surface area contributed by atoms with Crippen LogP contribution >= 0.6 is 0 Å². The SMILES string of the molecule is C=CCc1ccccc1C(=O)c1ccccc1.N. The molecule has 0 amide bonds. The number of benzene rings is 2. The average Bonchev–Trinajstić information content (AvgIpc) is 2.40. The second-order valence-corrected chi connectivity index (χ2v) is 3.85. The number of carbonyl (C=O) groups excluding carboxylic acids is 1. The lowest BCUT2D eigenvalue weighted by atomic mass is 9.97. The molecular formula is C16H17NO. The first-order chi connectivity index (χ1) is 8.33. The molecule has 0 saturated carbocycles. The molecule has 0 atom stereocenters. The maximum absolute atomic E-state index is 12.3. The lowest BCUT2D eigenvalue weighted by Crippen LogP contribution is -2.04. The molecule has 0 bridgehead atoms. The summed E-state index contributed by atoms with van der Waals surface area (Å²) in [5.74, 6) is 0.0723. The standard InChI is InChI=1S/C16H14O.H3N/c1-2-8-13-9-6-7-12-15(13)16(17)14-10-4-3-5-11-14;/h2-7,9-12H,1,8H2;1H3. The molecule has 0 aliphatic rings. The van der Waals surface area contributed by atoms with E-state index in [0.717, 1.165) is 23.1 Å². The predicted octanol–water partition coefficient (Wildman–Crippen LogP) is 3.81. The highest BCUT2D eigenvalue weighted by Crippen LogP contribution is 2.15. The Morgan fingerprint density at radius 3 is 2.28 bits per heavy atom. The van der Waals surface area contributed by atoms with Gasteiger partial charge >= 0.3 is 0 Å². The fourth-order valence-electron chi connectivity index (χ4n) is 1.82. The van der Waals surface area contributed by atoms with E-state index in [1.54, 1.807) is 0 Å². The van der Waals surface area contributed by atoms with E-state index in [2.05, 4.69) is 6.58 Å². The summed E-state index contributed by atoms with van der Waals surface area (Å²) in [6.07, 6.45) is 2.53. The molecule has 2 nitrogen and oxygen atoms in total. The minimum absolute atomic E-state index is 0. The predicted molar refractivity (Wildman–Crippen MR) is 75.2 cm³/mol. The Morgan fingerprint density at radius 2 is 1.61 bits per heavy atom. The average molecular weight is 239 g/mol. The van der Waals surface area contributed by atoms with Gasteiger partial charge in [0.1, 0.15) is 0 Å². The monoisotopic (exact) mass is 239 g/mol. The first-order valence-electron chi connectivity index (χ1n) is 5.61. The van der Waals surface area contributed by atoms with Crippen LogP contribution in [0, 0.1) is 0 Å². The van der Waals surface area contributed by atoms with Crippen molar-refractivity contribution < 1.29 is 4.79 Å². The fourth-order valence-corrected chi connectivity index (χ4v) is 1.82. The highest BCUT2D eigenvalue weighted by molar-refractivity contribution is 6.09. The van der Waals surface area contributed by atoms with Crippen LogP contribution < -0.4 is 6.15 Å². The Kier molecular flexibility index (Phi) is 5.03. The summed E-state index contributed by atoms with van der Waals surface area (Å²) < 4.78 is 0. The van der Waals surface area contributed by atoms with E-state index >= 15 is 0 Å². The van der Waals surface area contributed by atoms with Crippen LogP contribution in [0.1, 0.15) is 21.5 Å². The molecule has 0 unspecified atom stereocenters. The molecule has 0 aliphatic heterocycles. The zero-order chi connectivity index (χ0) is 12.1. The van der Waals surface area contributed by atoms with E-state index in [-0.39, 0.29) is 11.9 Å². The van der Waals surface area contributed by atoms with Crippen molar-refractivity contribution in [2.75, 3.05) is 0 Å². The van der Waals surface area contributed by atoms with E-state index in [4.69, 9.17) is 0 Å². The molecule has 0 radical (unpaired) electrons. The van der Waals surface area contributed by atoms with Crippen LogP contribution in [0.4, 0.5) is 0 Å². The minimum Gasteiger partial charge on any atom is -0.344 e. The van der Waals surface area contributed by atoms with Crippen LogP contribution in [0.25, 0.3) is 0 Å². The van der Waals surface area contributed by atoms with Gasteiger partial charge in [0.05, 0.1) is 0 Å². The van der Waals surface area contributed by atoms with E-state index in [0.29, 0.717) is 0 Å². The van der Waals surface area contributed by atoms with Gasteiger partial charge < -0.3 is 6.15 Å². The molecule has 0 saturated heterocycles. The van der Waals surface area contributed by atoms with Crippen molar-refractivity contribution in [3.8, 4) is 0 Å². The third-order valence-corrected chi connectivity index (χ3v) is 2.66. The minimum atomic E-state index is 0. The van der Waals surface area contributed by atoms with Crippen molar-refractivity contribution >= 4 is 5.78 Å². The third-order valence-electron chi connectivity index (χ3n) is 2.66. The first kappa shape index (κ1) is 13.9. The topological polar surface area (TPSA) is 52.1 Å². The summed E-state index contributed by atoms with van der Waals surface area (Å²) in [6.45, 7) is 3.72. The van der Waals surface area contributed by atoms with Gasteiger partial charge in [-0.05, 0) is 12.0 Å². The number of carbonyl (C=O) groups is 1. The van der Waals surface area contributed by atoms with Gasteiger partial charge in [-0.1, -0.05) is 60.7 Å². The summed E-state index contributed by atoms with van der Waals surface area (Å²) in [6, 6.07) is 17.0. The fraction of sp³-hybridized carbons (Fsp3) is 0.0625. The number of rotatable bonds is 4. The lowest BCUT2D eigenvalue weighted by Gasteiger charge is -2.06. The van der Waals surface area contributed by atoms with Crippen LogP contribution in [0.2, 0.25) is 0 Å². The molecule has 0 spiro atoms. The first-order valence-corrected chi connectivity index (χ1v) is 5.61. The highest BCUT2D eigenvalue weighted by Gasteiger charge is 2.11. The van der Waals surface area contributed by atoms with Gasteiger partial charge in [0.15, 0.2) is 5.78 Å². The molecule has 2 heteroatoms. The number of hydrogen-bond donors (Lipinski definition) is 1. The van der Waals surface area contributed by atoms with Crippen molar-refractivity contribution in [3.05, 3.63) is 83.9 Å². The summed E-state index contributed by atoms with van der Waals surface area (Å²) >= 11 is 0. The van der Waals surface area contributed by atoms with Gasteiger partial charge in [0, 0.05) is 11.1 Å². The second kappa shape index (κ2) is 6.52.